The first-order valence-electron chi connectivity index (χ1n) is 15.6. The smallest absolute Gasteiger partial charge is 0.136 e. The molecule has 0 amide bonds. The largest absolute Gasteiger partial charge is 0.456 e. The minimum Gasteiger partial charge on any atom is -0.456 e. The molecule has 1 unspecified atom stereocenters. The predicted molar refractivity (Wildman–Crippen MR) is 178 cm³/mol. The molecule has 6 rings (SSSR count). The summed E-state index contributed by atoms with van der Waals surface area (Å²) in [5.41, 5.74) is 8.85. The second-order valence-electron chi connectivity index (χ2n) is 8.70. The Morgan fingerprint density at radius 3 is 1.23 bits per heavy atom. The molecule has 2 aliphatic heterocycles. The van der Waals surface area contributed by atoms with Gasteiger partial charge >= 0.3 is 0 Å². The monoisotopic (exact) mass is 530 g/mol. The minimum absolute atomic E-state index is 0.452. The lowest BCUT2D eigenvalue weighted by molar-refractivity contribution is 0.645. The van der Waals surface area contributed by atoms with Crippen LogP contribution in [0.5, 0.6) is 0 Å². The van der Waals surface area contributed by atoms with Crippen LogP contribution < -0.4 is 0 Å². The van der Waals surface area contributed by atoms with Gasteiger partial charge in [-0.25, -0.2) is 0 Å². The molecule has 39 heavy (non-hydrogen) atoms. The molecule has 0 spiro atoms. The van der Waals surface area contributed by atoms with Crippen molar-refractivity contribution in [3.63, 3.8) is 0 Å². The first-order valence-corrected chi connectivity index (χ1v) is 15.6. The van der Waals surface area contributed by atoms with Gasteiger partial charge in [-0.3, -0.25) is 0 Å². The molecule has 2 heteroatoms. The molecule has 2 heterocycles. The highest BCUT2D eigenvalue weighted by Crippen LogP contribution is 2.49. The fraction of sp³-hybridized carbons (Fsp3) is 0.459. The van der Waals surface area contributed by atoms with Crippen LogP contribution in [-0.4, -0.2) is 0 Å². The van der Waals surface area contributed by atoms with Crippen LogP contribution >= 0.6 is 0 Å². The summed E-state index contributed by atoms with van der Waals surface area (Å²) in [6.45, 7) is 29.0. The Morgan fingerprint density at radius 2 is 0.846 bits per heavy atom. The lowest BCUT2D eigenvalue weighted by Crippen LogP contribution is -1.99. The molecule has 1 atom stereocenters. The van der Waals surface area contributed by atoms with Crippen LogP contribution in [0.25, 0.3) is 55.0 Å². The Balaban J connectivity index is 0.000000689. The Morgan fingerprint density at radius 1 is 0.487 bits per heavy atom. The van der Waals surface area contributed by atoms with E-state index in [0.717, 1.165) is 28.8 Å². The molecule has 0 saturated carbocycles. The minimum atomic E-state index is 0.452. The van der Waals surface area contributed by atoms with Gasteiger partial charge in [0.25, 0.3) is 0 Å². The van der Waals surface area contributed by atoms with E-state index < -0.39 is 0 Å². The molecule has 0 radical (unpaired) electrons. The van der Waals surface area contributed by atoms with Gasteiger partial charge in [-0.05, 0) is 64.4 Å². The fourth-order valence-electron chi connectivity index (χ4n) is 5.06. The first-order chi connectivity index (χ1) is 19.1. The van der Waals surface area contributed by atoms with E-state index in [1.807, 2.05) is 69.2 Å². The molecule has 4 aromatic carbocycles. The Bertz CT molecular complexity index is 1480. The number of benzene rings is 4. The Hall–Kier alpha value is -3.00. The van der Waals surface area contributed by atoms with Crippen LogP contribution in [0.4, 0.5) is 0 Å². The summed E-state index contributed by atoms with van der Waals surface area (Å²) >= 11 is 0. The Labute approximate surface area is 238 Å². The molecule has 2 aliphatic rings. The standard InChI is InChI=1S/C27H24O2.5C2H6/c1-5-15(4)17-7-11-21-25-19(17)9-13-23-27(25)26-22(29-21)12-8-18-16(14(2)3)6-10-20(28-23)24(18)26;5*1-2/h6-15H,5H2,1-4H3;5*1-2H3. The zero-order valence-corrected chi connectivity index (χ0v) is 27.3. The quantitative estimate of drug-likeness (QED) is 0.168. The van der Waals surface area contributed by atoms with E-state index in [1.54, 1.807) is 0 Å². The molecule has 0 bridgehead atoms. The average molecular weight is 531 g/mol. The second-order valence-corrected chi connectivity index (χ2v) is 8.70. The van der Waals surface area contributed by atoms with E-state index in [9.17, 15) is 0 Å². The van der Waals surface area contributed by atoms with E-state index in [2.05, 4.69) is 76.2 Å². The summed E-state index contributed by atoms with van der Waals surface area (Å²) in [7, 11) is 0. The lowest BCUT2D eigenvalue weighted by atomic mass is 9.85. The highest BCUT2D eigenvalue weighted by atomic mass is 16.3. The van der Waals surface area contributed by atoms with Crippen molar-refractivity contribution >= 4 is 43.9 Å². The van der Waals surface area contributed by atoms with E-state index in [0.29, 0.717) is 11.8 Å². The predicted octanol–water partition coefficient (Wildman–Crippen LogP) is 13.8. The SMILES string of the molecule is CC.CC.CC.CC.CC.CCC(C)c1ccc2oc3ccc4c(C(C)C)ccc5oc6ccc1c2c6-c3c54. The highest BCUT2D eigenvalue weighted by Gasteiger charge is 2.26. The van der Waals surface area contributed by atoms with Crippen LogP contribution in [-0.2, 0) is 0 Å². The maximum absolute atomic E-state index is 6.45. The van der Waals surface area contributed by atoms with Gasteiger partial charge in [0.1, 0.15) is 22.3 Å². The lowest BCUT2D eigenvalue weighted by Gasteiger charge is -2.22. The van der Waals surface area contributed by atoms with Crippen molar-refractivity contribution in [3.8, 4) is 11.1 Å². The van der Waals surface area contributed by atoms with Gasteiger partial charge in [0.2, 0.25) is 0 Å². The first kappa shape index (κ1) is 34.0. The van der Waals surface area contributed by atoms with Crippen LogP contribution in [0, 0.1) is 0 Å². The van der Waals surface area contributed by atoms with Gasteiger partial charge in [-0.2, -0.15) is 0 Å². The molecule has 0 fully saturated rings. The van der Waals surface area contributed by atoms with Crippen molar-refractivity contribution in [1.29, 1.82) is 0 Å². The summed E-state index contributed by atoms with van der Waals surface area (Å²) in [5.74, 6) is 0.955. The van der Waals surface area contributed by atoms with Gasteiger partial charge in [0, 0.05) is 21.9 Å². The number of rotatable bonds is 3. The van der Waals surface area contributed by atoms with Crippen molar-refractivity contribution in [2.24, 2.45) is 0 Å². The summed E-state index contributed by atoms with van der Waals surface area (Å²) in [5, 5.41) is 4.93. The zero-order valence-electron chi connectivity index (χ0n) is 27.3. The van der Waals surface area contributed by atoms with E-state index >= 15 is 0 Å². The third-order valence-electron chi connectivity index (χ3n) is 6.73. The van der Waals surface area contributed by atoms with Crippen molar-refractivity contribution in [3.05, 3.63) is 59.7 Å². The third kappa shape index (κ3) is 6.11. The van der Waals surface area contributed by atoms with Crippen LogP contribution in [0.2, 0.25) is 0 Å². The maximum atomic E-state index is 6.45. The molecule has 214 valence electrons. The molecule has 4 aromatic rings. The van der Waals surface area contributed by atoms with Crippen molar-refractivity contribution < 1.29 is 8.83 Å². The van der Waals surface area contributed by atoms with Crippen LogP contribution in [0.3, 0.4) is 0 Å². The van der Waals surface area contributed by atoms with Gasteiger partial charge in [0.15, 0.2) is 0 Å². The van der Waals surface area contributed by atoms with Gasteiger partial charge in [-0.1, -0.05) is 121 Å². The zero-order chi connectivity index (χ0) is 29.9. The van der Waals surface area contributed by atoms with Crippen LogP contribution in [0.15, 0.2) is 57.4 Å². The van der Waals surface area contributed by atoms with Gasteiger partial charge in [-0.15, -0.1) is 0 Å². The fourth-order valence-corrected chi connectivity index (χ4v) is 5.06. The Kier molecular flexibility index (Phi) is 14.1. The van der Waals surface area contributed by atoms with E-state index in [-0.39, 0.29) is 0 Å². The molecular weight excluding hydrogens is 476 g/mol. The average Bonchev–Trinajstić information content (AvgIpc) is 3.02. The van der Waals surface area contributed by atoms with E-state index in [1.165, 1.54) is 43.8 Å². The molecule has 2 nitrogen and oxygen atoms in total. The topological polar surface area (TPSA) is 26.3 Å². The van der Waals surface area contributed by atoms with Crippen molar-refractivity contribution in [2.45, 2.75) is 115 Å². The molecule has 0 aliphatic carbocycles. The highest BCUT2D eigenvalue weighted by molar-refractivity contribution is 6.24. The molecular formula is C37H54O2. The summed E-state index contributed by atoms with van der Waals surface area (Å²) < 4.78 is 12.9. The summed E-state index contributed by atoms with van der Waals surface area (Å²) in [6.07, 6.45) is 1.12. The van der Waals surface area contributed by atoms with Crippen LogP contribution in [0.1, 0.15) is 126 Å². The van der Waals surface area contributed by atoms with Gasteiger partial charge < -0.3 is 8.83 Å². The molecule has 0 aromatic heterocycles. The van der Waals surface area contributed by atoms with Crippen molar-refractivity contribution in [1.82, 2.24) is 0 Å². The molecule has 0 N–H and O–H groups in total. The normalized spacial score (nSPS) is 11.1. The number of hydrogen-bond acceptors (Lipinski definition) is 2. The summed E-state index contributed by atoms with van der Waals surface area (Å²) in [6, 6.07) is 17.4. The number of hydrogen-bond donors (Lipinski definition) is 0. The van der Waals surface area contributed by atoms with Crippen molar-refractivity contribution in [2.75, 3.05) is 0 Å². The second kappa shape index (κ2) is 16.2. The van der Waals surface area contributed by atoms with Gasteiger partial charge in [0.05, 0.1) is 0 Å². The summed E-state index contributed by atoms with van der Waals surface area (Å²) in [4.78, 5) is 0. The third-order valence-corrected chi connectivity index (χ3v) is 6.73. The molecule has 0 saturated heterocycles. The maximum Gasteiger partial charge on any atom is 0.136 e. The van der Waals surface area contributed by atoms with E-state index in [4.69, 9.17) is 8.83 Å².